The number of anilines is 1. The van der Waals surface area contributed by atoms with E-state index in [1.807, 2.05) is 19.9 Å². The van der Waals surface area contributed by atoms with Gasteiger partial charge in [-0.15, -0.1) is 0 Å². The summed E-state index contributed by atoms with van der Waals surface area (Å²) < 4.78 is 1.59. The van der Waals surface area contributed by atoms with Gasteiger partial charge in [0.25, 0.3) is 5.91 Å². The zero-order valence-corrected chi connectivity index (χ0v) is 12.0. The Balaban J connectivity index is 0.00000106. The van der Waals surface area contributed by atoms with Gasteiger partial charge >= 0.3 is 0 Å². The summed E-state index contributed by atoms with van der Waals surface area (Å²) in [5, 5.41) is 13.3. The van der Waals surface area contributed by atoms with Gasteiger partial charge in [0, 0.05) is 8.95 Å². The molecule has 0 saturated carbocycles. The molecular weight excluding hydrogens is 340 g/mol. The van der Waals surface area contributed by atoms with Crippen LogP contribution in [0.25, 0.3) is 0 Å². The largest absolute Gasteiger partial charge is 0.411 e. The van der Waals surface area contributed by atoms with Crippen LogP contribution in [0.4, 0.5) is 5.69 Å². The van der Waals surface area contributed by atoms with Gasteiger partial charge in [0.2, 0.25) is 0 Å². The highest BCUT2D eigenvalue weighted by Gasteiger charge is 2.03. The Hall–Kier alpha value is -0.880. The van der Waals surface area contributed by atoms with Gasteiger partial charge in [-0.1, -0.05) is 34.9 Å². The van der Waals surface area contributed by atoms with E-state index >= 15 is 0 Å². The van der Waals surface area contributed by atoms with E-state index in [1.165, 1.54) is 0 Å². The van der Waals surface area contributed by atoms with Crippen LogP contribution in [0.1, 0.15) is 13.8 Å². The third kappa shape index (κ3) is 5.27. The first-order valence-electron chi connectivity index (χ1n) is 4.57. The van der Waals surface area contributed by atoms with E-state index in [-0.39, 0.29) is 0 Å². The molecule has 1 aromatic rings. The number of hydrogen-bond donors (Lipinski definition) is 2. The van der Waals surface area contributed by atoms with Crippen molar-refractivity contribution in [1.29, 1.82) is 0 Å². The summed E-state index contributed by atoms with van der Waals surface area (Å²) in [5.41, 5.74) is 0.601. The van der Waals surface area contributed by atoms with Crippen LogP contribution in [0, 0.1) is 0 Å². The van der Waals surface area contributed by atoms with Crippen molar-refractivity contribution in [1.82, 2.24) is 0 Å². The molecule has 0 heterocycles. The lowest BCUT2D eigenvalue weighted by Crippen LogP contribution is -2.12. The van der Waals surface area contributed by atoms with Gasteiger partial charge in [-0.3, -0.25) is 4.79 Å². The lowest BCUT2D eigenvalue weighted by molar-refractivity contribution is -0.110. The quantitative estimate of drug-likeness (QED) is 0.485. The molecule has 0 unspecified atom stereocenters. The molecule has 0 spiro atoms. The van der Waals surface area contributed by atoms with Crippen LogP contribution in [0.2, 0.25) is 0 Å². The molecule has 1 aromatic carbocycles. The lowest BCUT2D eigenvalue weighted by atomic mass is 10.3. The van der Waals surface area contributed by atoms with Crippen molar-refractivity contribution in [3.05, 3.63) is 27.1 Å². The molecule has 0 aromatic heterocycles. The van der Waals surface area contributed by atoms with Gasteiger partial charge < -0.3 is 10.5 Å². The average Bonchev–Trinajstić information content (AvgIpc) is 2.27. The van der Waals surface area contributed by atoms with Gasteiger partial charge in [-0.25, -0.2) is 0 Å². The Morgan fingerprint density at radius 3 is 2.62 bits per heavy atom. The maximum atomic E-state index is 11.0. The fraction of sp³-hybridized carbons (Fsp3) is 0.200. The van der Waals surface area contributed by atoms with Gasteiger partial charge in [-0.2, -0.15) is 0 Å². The summed E-state index contributed by atoms with van der Waals surface area (Å²) >= 11 is 6.54. The number of benzene rings is 1. The predicted molar refractivity (Wildman–Crippen MR) is 72.1 cm³/mol. The number of nitrogens with zero attached hydrogens (tertiary/aromatic N) is 1. The molecule has 6 heteroatoms. The summed E-state index contributed by atoms with van der Waals surface area (Å²) in [7, 11) is 0. The second-order valence-electron chi connectivity index (χ2n) is 2.36. The molecule has 0 aliphatic rings. The van der Waals surface area contributed by atoms with E-state index in [0.29, 0.717) is 5.69 Å². The Morgan fingerprint density at radius 1 is 1.44 bits per heavy atom. The van der Waals surface area contributed by atoms with E-state index in [2.05, 4.69) is 42.3 Å². The molecule has 0 bridgehead atoms. The van der Waals surface area contributed by atoms with Crippen LogP contribution in [0.5, 0.6) is 0 Å². The molecule has 16 heavy (non-hydrogen) atoms. The molecule has 0 radical (unpaired) electrons. The van der Waals surface area contributed by atoms with E-state index in [4.69, 9.17) is 5.21 Å². The van der Waals surface area contributed by atoms with Gasteiger partial charge in [0.1, 0.15) is 6.21 Å². The summed E-state index contributed by atoms with van der Waals surface area (Å²) in [6.45, 7) is 4.00. The van der Waals surface area contributed by atoms with Crippen molar-refractivity contribution in [3.63, 3.8) is 0 Å². The third-order valence-electron chi connectivity index (χ3n) is 1.36. The minimum Gasteiger partial charge on any atom is -0.411 e. The number of carbonyl (C=O) groups is 1. The van der Waals surface area contributed by atoms with Crippen molar-refractivity contribution in [2.45, 2.75) is 13.8 Å². The molecule has 2 N–H and O–H groups in total. The van der Waals surface area contributed by atoms with Gasteiger partial charge in [-0.05, 0) is 34.1 Å². The number of oxime groups is 1. The molecule has 4 nitrogen and oxygen atoms in total. The normalized spacial score (nSPS) is 9.50. The summed E-state index contributed by atoms with van der Waals surface area (Å²) in [5.74, 6) is -0.494. The number of rotatable bonds is 2. The standard InChI is InChI=1S/C8H6Br2N2O2.C2H6/c9-5-1-2-6(10)7(3-5)12-8(13)4-11-14;1-2/h1-4,14H,(H,12,13);1-2H3/b11-4+;. The highest BCUT2D eigenvalue weighted by molar-refractivity contribution is 9.11. The molecule has 0 saturated heterocycles. The number of amides is 1. The van der Waals surface area contributed by atoms with Crippen LogP contribution < -0.4 is 5.32 Å². The molecule has 1 rings (SSSR count). The highest BCUT2D eigenvalue weighted by Crippen LogP contribution is 2.25. The van der Waals surface area contributed by atoms with Crippen LogP contribution >= 0.6 is 31.9 Å². The second kappa shape index (κ2) is 8.29. The molecule has 0 fully saturated rings. The van der Waals surface area contributed by atoms with Gasteiger partial charge in [0.05, 0.1) is 5.69 Å². The van der Waals surface area contributed by atoms with Crippen molar-refractivity contribution >= 4 is 49.7 Å². The fourth-order valence-corrected chi connectivity index (χ4v) is 1.52. The molecule has 0 atom stereocenters. The third-order valence-corrected chi connectivity index (χ3v) is 2.55. The number of halogens is 2. The summed E-state index contributed by atoms with van der Waals surface area (Å²) in [6, 6.07) is 5.35. The zero-order chi connectivity index (χ0) is 12.6. The van der Waals surface area contributed by atoms with Gasteiger partial charge in [0.15, 0.2) is 0 Å². The molecule has 88 valence electrons. The first-order chi connectivity index (χ1) is 7.63. The summed E-state index contributed by atoms with van der Waals surface area (Å²) in [6.07, 6.45) is 0.785. The minimum absolute atomic E-state index is 0.494. The first-order valence-corrected chi connectivity index (χ1v) is 6.15. The van der Waals surface area contributed by atoms with E-state index < -0.39 is 5.91 Å². The first kappa shape index (κ1) is 15.1. The Bertz CT molecular complexity index is 381. The van der Waals surface area contributed by atoms with Crippen LogP contribution in [0.15, 0.2) is 32.3 Å². The van der Waals surface area contributed by atoms with Crippen LogP contribution in [0.3, 0.4) is 0 Å². The fourth-order valence-electron chi connectivity index (χ4n) is 0.811. The van der Waals surface area contributed by atoms with Crippen LogP contribution in [-0.4, -0.2) is 17.3 Å². The topological polar surface area (TPSA) is 61.7 Å². The lowest BCUT2D eigenvalue weighted by Gasteiger charge is -2.04. The maximum absolute atomic E-state index is 11.0. The molecule has 1 amide bonds. The van der Waals surface area contributed by atoms with Crippen molar-refractivity contribution < 1.29 is 10.0 Å². The van der Waals surface area contributed by atoms with E-state index in [0.717, 1.165) is 15.2 Å². The molecular formula is C10H12Br2N2O2. The SMILES string of the molecule is CC.O=C(/C=N/O)Nc1cc(Br)ccc1Br. The minimum atomic E-state index is -0.494. The molecule has 0 aliphatic heterocycles. The van der Waals surface area contributed by atoms with Crippen molar-refractivity contribution in [3.8, 4) is 0 Å². The predicted octanol–water partition coefficient (Wildman–Crippen LogP) is 3.64. The Labute approximate surface area is 111 Å². The van der Waals surface area contributed by atoms with Crippen molar-refractivity contribution in [2.75, 3.05) is 5.32 Å². The number of nitrogens with one attached hydrogen (secondary N) is 1. The average molecular weight is 352 g/mol. The zero-order valence-electron chi connectivity index (χ0n) is 8.87. The molecule has 0 aliphatic carbocycles. The number of hydrogen-bond acceptors (Lipinski definition) is 3. The Kier molecular flexibility index (Phi) is 7.84. The smallest absolute Gasteiger partial charge is 0.270 e. The van der Waals surface area contributed by atoms with E-state index in [9.17, 15) is 4.79 Å². The monoisotopic (exact) mass is 350 g/mol. The second-order valence-corrected chi connectivity index (χ2v) is 4.13. The van der Waals surface area contributed by atoms with Crippen LogP contribution in [-0.2, 0) is 4.79 Å². The maximum Gasteiger partial charge on any atom is 0.270 e. The van der Waals surface area contributed by atoms with E-state index in [1.54, 1.807) is 12.1 Å². The highest BCUT2D eigenvalue weighted by atomic mass is 79.9. The summed E-state index contributed by atoms with van der Waals surface area (Å²) in [4.78, 5) is 11.0. The van der Waals surface area contributed by atoms with Crippen molar-refractivity contribution in [2.24, 2.45) is 5.16 Å². The Morgan fingerprint density at radius 2 is 2.06 bits per heavy atom. The number of carbonyl (C=O) groups excluding carboxylic acids is 1.